The van der Waals surface area contributed by atoms with Crippen LogP contribution in [0.4, 0.5) is 5.69 Å². The zero-order chi connectivity index (χ0) is 20.2. The predicted octanol–water partition coefficient (Wildman–Crippen LogP) is 3.50. The third kappa shape index (κ3) is 4.21. The highest BCUT2D eigenvalue weighted by atomic mass is 16.5. The van der Waals surface area contributed by atoms with E-state index in [4.69, 9.17) is 4.52 Å². The minimum Gasteiger partial charge on any atom is -0.334 e. The first kappa shape index (κ1) is 18.5. The Balaban J connectivity index is 1.46. The Morgan fingerprint density at radius 1 is 1.10 bits per heavy atom. The van der Waals surface area contributed by atoms with E-state index in [1.165, 1.54) is 5.56 Å². The largest absolute Gasteiger partial charge is 0.334 e. The number of anilines is 1. The predicted molar refractivity (Wildman–Crippen MR) is 108 cm³/mol. The lowest BCUT2D eigenvalue weighted by molar-refractivity contribution is -0.116. The molecule has 0 aliphatic carbocycles. The number of imidazole rings is 1. The maximum absolute atomic E-state index is 12.4. The number of carbonyl (C=O) groups excluding carboxylic acids is 1. The van der Waals surface area contributed by atoms with Crippen LogP contribution in [0.3, 0.4) is 0 Å². The number of nitrogens with one attached hydrogen (secondary N) is 1. The molecule has 3 aromatic heterocycles. The third-order valence-corrected chi connectivity index (χ3v) is 4.52. The highest BCUT2D eigenvalue weighted by Crippen LogP contribution is 2.21. The molecule has 0 fully saturated rings. The number of amides is 1. The fourth-order valence-electron chi connectivity index (χ4n) is 2.89. The highest BCUT2D eigenvalue weighted by molar-refractivity contribution is 5.90. The average Bonchev–Trinajstić information content (AvgIpc) is 3.37. The third-order valence-electron chi connectivity index (χ3n) is 4.52. The Labute approximate surface area is 167 Å². The average molecular weight is 388 g/mol. The molecule has 146 valence electrons. The van der Waals surface area contributed by atoms with Crippen LogP contribution in [-0.4, -0.2) is 30.6 Å². The van der Waals surface area contributed by atoms with Gasteiger partial charge in [0.2, 0.25) is 11.7 Å². The summed E-state index contributed by atoms with van der Waals surface area (Å²) in [7, 11) is 0. The van der Waals surface area contributed by atoms with Crippen LogP contribution in [0.2, 0.25) is 0 Å². The molecule has 0 saturated carbocycles. The topological polar surface area (TPSA) is 98.7 Å². The molecule has 0 saturated heterocycles. The van der Waals surface area contributed by atoms with Gasteiger partial charge in [0.15, 0.2) is 0 Å². The first-order valence-electron chi connectivity index (χ1n) is 9.29. The summed E-state index contributed by atoms with van der Waals surface area (Å²) in [4.78, 5) is 25.2. The van der Waals surface area contributed by atoms with Crippen LogP contribution >= 0.6 is 0 Å². The zero-order valence-corrected chi connectivity index (χ0v) is 16.2. The number of hydrogen-bond acceptors (Lipinski definition) is 6. The lowest BCUT2D eigenvalue weighted by Gasteiger charge is -2.07. The SMILES string of the molecule is CCc1ccc(NC(=O)Cn2cc(-c3noc(-c4ccncc4)n3)nc2C)cc1. The van der Waals surface area contributed by atoms with Crippen molar-refractivity contribution in [2.24, 2.45) is 0 Å². The van der Waals surface area contributed by atoms with Crippen molar-refractivity contribution in [3.8, 4) is 23.0 Å². The first-order valence-corrected chi connectivity index (χ1v) is 9.29. The Kier molecular flexibility index (Phi) is 5.15. The van der Waals surface area contributed by atoms with Gasteiger partial charge in [-0.05, 0) is 43.2 Å². The van der Waals surface area contributed by atoms with Crippen LogP contribution in [-0.2, 0) is 17.8 Å². The summed E-state index contributed by atoms with van der Waals surface area (Å²) < 4.78 is 7.07. The van der Waals surface area contributed by atoms with E-state index in [0.29, 0.717) is 23.2 Å². The van der Waals surface area contributed by atoms with Crippen molar-refractivity contribution in [3.05, 3.63) is 66.4 Å². The second kappa shape index (κ2) is 8.05. The van der Waals surface area contributed by atoms with Crippen molar-refractivity contribution < 1.29 is 9.32 Å². The number of benzene rings is 1. The molecule has 0 spiro atoms. The molecule has 0 aliphatic rings. The van der Waals surface area contributed by atoms with Crippen LogP contribution in [0.1, 0.15) is 18.3 Å². The molecule has 1 N–H and O–H groups in total. The zero-order valence-electron chi connectivity index (χ0n) is 16.2. The first-order chi connectivity index (χ1) is 14.1. The van der Waals surface area contributed by atoms with Gasteiger partial charge in [0, 0.05) is 29.8 Å². The molecule has 1 amide bonds. The van der Waals surface area contributed by atoms with E-state index in [2.05, 4.69) is 32.3 Å². The number of aromatic nitrogens is 5. The van der Waals surface area contributed by atoms with Gasteiger partial charge in [0.05, 0.1) is 0 Å². The van der Waals surface area contributed by atoms with Crippen molar-refractivity contribution in [3.63, 3.8) is 0 Å². The second-order valence-corrected chi connectivity index (χ2v) is 6.56. The van der Waals surface area contributed by atoms with E-state index in [1.807, 2.05) is 31.2 Å². The number of hydrogen-bond donors (Lipinski definition) is 1. The van der Waals surface area contributed by atoms with E-state index in [-0.39, 0.29) is 12.5 Å². The molecule has 0 unspecified atom stereocenters. The molecule has 29 heavy (non-hydrogen) atoms. The number of pyridine rings is 1. The van der Waals surface area contributed by atoms with Crippen molar-refractivity contribution in [1.82, 2.24) is 24.7 Å². The summed E-state index contributed by atoms with van der Waals surface area (Å²) in [5.41, 5.74) is 3.32. The normalized spacial score (nSPS) is 10.8. The maximum Gasteiger partial charge on any atom is 0.258 e. The minimum absolute atomic E-state index is 0.133. The van der Waals surface area contributed by atoms with Crippen LogP contribution in [0.5, 0.6) is 0 Å². The van der Waals surface area contributed by atoms with Gasteiger partial charge in [-0.2, -0.15) is 4.98 Å². The Bertz CT molecular complexity index is 1120. The molecule has 8 heteroatoms. The molecular weight excluding hydrogens is 368 g/mol. The van der Waals surface area contributed by atoms with Gasteiger partial charge >= 0.3 is 0 Å². The summed E-state index contributed by atoms with van der Waals surface area (Å²) in [6.07, 6.45) is 6.03. The number of aryl methyl sites for hydroxylation is 2. The van der Waals surface area contributed by atoms with Gasteiger partial charge in [-0.15, -0.1) is 0 Å². The molecule has 0 atom stereocenters. The number of nitrogens with zero attached hydrogens (tertiary/aromatic N) is 5. The molecule has 3 heterocycles. The van der Waals surface area contributed by atoms with E-state index in [9.17, 15) is 4.79 Å². The van der Waals surface area contributed by atoms with Gasteiger partial charge < -0.3 is 14.4 Å². The summed E-state index contributed by atoms with van der Waals surface area (Å²) in [5, 5.41) is 6.90. The Morgan fingerprint density at radius 3 is 2.59 bits per heavy atom. The molecule has 4 aromatic rings. The Hall–Kier alpha value is -3.81. The van der Waals surface area contributed by atoms with Crippen molar-refractivity contribution in [2.45, 2.75) is 26.8 Å². The van der Waals surface area contributed by atoms with Crippen LogP contribution in [0.15, 0.2) is 59.5 Å². The summed E-state index contributed by atoms with van der Waals surface area (Å²) >= 11 is 0. The molecule has 4 rings (SSSR count). The monoisotopic (exact) mass is 388 g/mol. The fraction of sp³-hybridized carbons (Fsp3) is 0.190. The van der Waals surface area contributed by atoms with E-state index in [1.54, 1.807) is 35.3 Å². The van der Waals surface area contributed by atoms with E-state index >= 15 is 0 Å². The van der Waals surface area contributed by atoms with Crippen molar-refractivity contribution in [1.29, 1.82) is 0 Å². The molecular formula is C21H20N6O2. The quantitative estimate of drug-likeness (QED) is 0.543. The van der Waals surface area contributed by atoms with E-state index in [0.717, 1.165) is 17.7 Å². The number of carbonyl (C=O) groups is 1. The summed E-state index contributed by atoms with van der Waals surface area (Å²) in [6.45, 7) is 4.07. The smallest absolute Gasteiger partial charge is 0.258 e. The summed E-state index contributed by atoms with van der Waals surface area (Å²) in [6, 6.07) is 11.4. The molecule has 8 nitrogen and oxygen atoms in total. The van der Waals surface area contributed by atoms with E-state index < -0.39 is 0 Å². The minimum atomic E-state index is -0.133. The van der Waals surface area contributed by atoms with Gasteiger partial charge in [0.1, 0.15) is 18.1 Å². The number of rotatable bonds is 6. The van der Waals surface area contributed by atoms with Crippen LogP contribution in [0.25, 0.3) is 23.0 Å². The van der Waals surface area contributed by atoms with Gasteiger partial charge in [-0.1, -0.05) is 24.2 Å². The lowest BCUT2D eigenvalue weighted by Crippen LogP contribution is -2.19. The van der Waals surface area contributed by atoms with Crippen molar-refractivity contribution in [2.75, 3.05) is 5.32 Å². The highest BCUT2D eigenvalue weighted by Gasteiger charge is 2.15. The maximum atomic E-state index is 12.4. The van der Waals surface area contributed by atoms with Gasteiger partial charge in [-0.25, -0.2) is 4.98 Å². The fourth-order valence-corrected chi connectivity index (χ4v) is 2.89. The van der Waals surface area contributed by atoms with Gasteiger partial charge in [0.25, 0.3) is 5.89 Å². The van der Waals surface area contributed by atoms with Crippen LogP contribution in [0, 0.1) is 6.92 Å². The Morgan fingerprint density at radius 2 is 1.86 bits per heavy atom. The van der Waals surface area contributed by atoms with Gasteiger partial charge in [-0.3, -0.25) is 9.78 Å². The van der Waals surface area contributed by atoms with Crippen molar-refractivity contribution >= 4 is 11.6 Å². The molecule has 1 aromatic carbocycles. The molecule has 0 aliphatic heterocycles. The molecule has 0 bridgehead atoms. The standard InChI is InChI=1S/C21H20N6O2/c1-3-15-4-6-17(7-5-15)24-19(28)13-27-12-18(23-14(27)2)20-25-21(29-26-20)16-8-10-22-11-9-16/h4-12H,3,13H2,1-2H3,(H,24,28). The summed E-state index contributed by atoms with van der Waals surface area (Å²) in [5.74, 6) is 1.32. The lowest BCUT2D eigenvalue weighted by atomic mass is 10.1. The second-order valence-electron chi connectivity index (χ2n) is 6.56. The molecule has 0 radical (unpaired) electrons. The van der Waals surface area contributed by atoms with Crippen LogP contribution < -0.4 is 5.32 Å².